The second-order valence-electron chi connectivity index (χ2n) is 2.60. The van der Waals surface area contributed by atoms with Crippen molar-refractivity contribution in [2.45, 2.75) is 20.3 Å². The quantitative estimate of drug-likeness (QED) is 0.698. The van der Waals surface area contributed by atoms with Crippen molar-refractivity contribution in [3.05, 3.63) is 36.4 Å². The summed E-state index contributed by atoms with van der Waals surface area (Å²) in [7, 11) is 0. The highest BCUT2D eigenvalue weighted by molar-refractivity contribution is 4.97. The normalized spacial score (nSPS) is 9.08. The molecular weight excluding hydrogens is 164 g/mol. The van der Waals surface area contributed by atoms with Crippen molar-refractivity contribution in [3.8, 4) is 0 Å². The molecule has 2 heterocycles. The summed E-state index contributed by atoms with van der Waals surface area (Å²) in [5.74, 6) is 1.07. The molecule has 0 amide bonds. The van der Waals surface area contributed by atoms with Gasteiger partial charge >= 0.3 is 0 Å². The summed E-state index contributed by atoms with van der Waals surface area (Å²) in [6, 6.07) is 0. The van der Waals surface area contributed by atoms with Gasteiger partial charge in [-0.2, -0.15) is 0 Å². The fraction of sp³-hybridized carbons (Fsp3) is 0.333. The topological polar surface area (TPSA) is 57.4 Å². The summed E-state index contributed by atoms with van der Waals surface area (Å²) in [5, 5.41) is 0. The van der Waals surface area contributed by atoms with Crippen LogP contribution in [0, 0.1) is 6.92 Å². The molecule has 4 heteroatoms. The van der Waals surface area contributed by atoms with Crippen LogP contribution in [-0.2, 0) is 6.42 Å². The molecule has 2 N–H and O–H groups in total. The minimum Gasteiger partial charge on any atom is -0.351 e. The molecule has 0 spiro atoms. The van der Waals surface area contributed by atoms with Gasteiger partial charge in [-0.3, -0.25) is 0 Å². The summed E-state index contributed by atoms with van der Waals surface area (Å²) < 4.78 is 0. The van der Waals surface area contributed by atoms with Crippen molar-refractivity contribution >= 4 is 0 Å². The fourth-order valence-corrected chi connectivity index (χ4v) is 0.861. The van der Waals surface area contributed by atoms with Gasteiger partial charge in [-0.25, -0.2) is 9.97 Å². The number of aromatic amines is 2. The number of aromatic nitrogens is 4. The van der Waals surface area contributed by atoms with Crippen molar-refractivity contribution < 1.29 is 0 Å². The monoisotopic (exact) mass is 178 g/mol. The Morgan fingerprint density at radius 2 is 2.31 bits per heavy atom. The van der Waals surface area contributed by atoms with Gasteiger partial charge in [-0.1, -0.05) is 6.92 Å². The number of hydrogen-bond donors (Lipinski definition) is 2. The first-order valence-electron chi connectivity index (χ1n) is 4.26. The lowest BCUT2D eigenvalue weighted by atomic mass is 10.5. The molecule has 0 aliphatic heterocycles. The van der Waals surface area contributed by atoms with E-state index >= 15 is 0 Å². The number of aryl methyl sites for hydroxylation is 2. The third-order valence-corrected chi connectivity index (χ3v) is 1.50. The van der Waals surface area contributed by atoms with Crippen molar-refractivity contribution in [1.82, 2.24) is 19.9 Å². The molecule has 0 aromatic carbocycles. The summed E-state index contributed by atoms with van der Waals surface area (Å²) in [6.45, 7) is 4.06. The molecule has 70 valence electrons. The highest BCUT2D eigenvalue weighted by atomic mass is 14.9. The molecule has 2 aromatic rings. The SMILES string of the molecule is CCc1nc(C)c[nH]1.c1c[nH]cn1. The summed E-state index contributed by atoms with van der Waals surface area (Å²) >= 11 is 0. The first-order chi connectivity index (χ1) is 6.33. The zero-order valence-corrected chi connectivity index (χ0v) is 7.91. The van der Waals surface area contributed by atoms with Gasteiger partial charge in [0.2, 0.25) is 0 Å². The highest BCUT2D eigenvalue weighted by Crippen LogP contribution is 1.93. The Hall–Kier alpha value is -1.58. The predicted octanol–water partition coefficient (Wildman–Crippen LogP) is 1.69. The van der Waals surface area contributed by atoms with Crippen molar-refractivity contribution in [2.75, 3.05) is 0 Å². The molecule has 0 saturated heterocycles. The Morgan fingerprint density at radius 1 is 1.46 bits per heavy atom. The van der Waals surface area contributed by atoms with Crippen LogP contribution in [0.5, 0.6) is 0 Å². The van der Waals surface area contributed by atoms with E-state index in [0.717, 1.165) is 17.9 Å². The van der Waals surface area contributed by atoms with E-state index in [1.807, 2.05) is 13.1 Å². The van der Waals surface area contributed by atoms with Crippen LogP contribution in [-0.4, -0.2) is 19.9 Å². The van der Waals surface area contributed by atoms with E-state index in [9.17, 15) is 0 Å². The Kier molecular flexibility index (Phi) is 3.75. The second kappa shape index (κ2) is 5.13. The van der Waals surface area contributed by atoms with Gasteiger partial charge in [0.05, 0.1) is 12.0 Å². The average molecular weight is 178 g/mol. The van der Waals surface area contributed by atoms with Crippen LogP contribution in [0.1, 0.15) is 18.4 Å². The van der Waals surface area contributed by atoms with Crippen LogP contribution in [0.2, 0.25) is 0 Å². The number of nitrogens with zero attached hydrogens (tertiary/aromatic N) is 2. The van der Waals surface area contributed by atoms with Gasteiger partial charge in [-0.15, -0.1) is 0 Å². The molecule has 0 atom stereocenters. The molecule has 0 aliphatic rings. The third kappa shape index (κ3) is 3.55. The van der Waals surface area contributed by atoms with Gasteiger partial charge in [0.15, 0.2) is 0 Å². The standard InChI is InChI=1S/C6H10N2.C3H4N2/c1-3-6-7-4-5(2)8-6;1-2-5-3-4-1/h4H,3H2,1-2H3,(H,7,8);1-3H,(H,4,5). The maximum Gasteiger partial charge on any atom is 0.106 e. The molecule has 0 unspecified atom stereocenters. The number of rotatable bonds is 1. The number of nitrogens with one attached hydrogen (secondary N) is 2. The summed E-state index contributed by atoms with van der Waals surface area (Å²) in [6.07, 6.45) is 7.99. The minimum absolute atomic E-state index is 0.994. The first kappa shape index (κ1) is 9.51. The minimum atomic E-state index is 0.994. The van der Waals surface area contributed by atoms with Gasteiger partial charge in [-0.05, 0) is 6.92 Å². The lowest BCUT2D eigenvalue weighted by Crippen LogP contribution is -1.80. The molecule has 2 aromatic heterocycles. The van der Waals surface area contributed by atoms with E-state index in [0.29, 0.717) is 0 Å². The smallest absolute Gasteiger partial charge is 0.106 e. The number of H-pyrrole nitrogens is 2. The fourth-order valence-electron chi connectivity index (χ4n) is 0.861. The zero-order chi connectivity index (χ0) is 9.52. The molecule has 13 heavy (non-hydrogen) atoms. The van der Waals surface area contributed by atoms with Crippen molar-refractivity contribution in [3.63, 3.8) is 0 Å². The number of hydrogen-bond acceptors (Lipinski definition) is 2. The maximum absolute atomic E-state index is 4.17. The highest BCUT2D eigenvalue weighted by Gasteiger charge is 1.89. The Balaban J connectivity index is 0.000000145. The Morgan fingerprint density at radius 3 is 2.54 bits per heavy atom. The van der Waals surface area contributed by atoms with Gasteiger partial charge in [0.25, 0.3) is 0 Å². The molecular formula is C9H14N4. The zero-order valence-electron chi connectivity index (χ0n) is 7.91. The molecule has 0 bridgehead atoms. The molecule has 0 fully saturated rings. The van der Waals surface area contributed by atoms with E-state index in [2.05, 4.69) is 26.9 Å². The van der Waals surface area contributed by atoms with E-state index in [4.69, 9.17) is 0 Å². The largest absolute Gasteiger partial charge is 0.351 e. The lowest BCUT2D eigenvalue weighted by molar-refractivity contribution is 0.982. The molecule has 0 saturated carbocycles. The van der Waals surface area contributed by atoms with Crippen LogP contribution in [0.25, 0.3) is 0 Å². The van der Waals surface area contributed by atoms with Crippen molar-refractivity contribution in [2.24, 2.45) is 0 Å². The van der Waals surface area contributed by atoms with E-state index in [1.54, 1.807) is 18.7 Å². The second-order valence-corrected chi connectivity index (χ2v) is 2.60. The van der Waals surface area contributed by atoms with Crippen LogP contribution in [0.15, 0.2) is 24.9 Å². The lowest BCUT2D eigenvalue weighted by Gasteiger charge is -1.80. The van der Waals surface area contributed by atoms with Crippen LogP contribution in [0.4, 0.5) is 0 Å². The van der Waals surface area contributed by atoms with Gasteiger partial charge in [0.1, 0.15) is 5.82 Å². The molecule has 0 radical (unpaired) electrons. The maximum atomic E-state index is 4.17. The van der Waals surface area contributed by atoms with Crippen LogP contribution >= 0.6 is 0 Å². The van der Waals surface area contributed by atoms with Crippen LogP contribution < -0.4 is 0 Å². The van der Waals surface area contributed by atoms with Crippen molar-refractivity contribution in [1.29, 1.82) is 0 Å². The summed E-state index contributed by atoms with van der Waals surface area (Å²) in [4.78, 5) is 13.6. The molecule has 4 nitrogen and oxygen atoms in total. The third-order valence-electron chi connectivity index (χ3n) is 1.50. The van der Waals surface area contributed by atoms with Gasteiger partial charge in [0, 0.05) is 25.0 Å². The Bertz CT molecular complexity index is 293. The van der Waals surface area contributed by atoms with Crippen LogP contribution in [0.3, 0.4) is 0 Å². The predicted molar refractivity (Wildman–Crippen MR) is 51.3 cm³/mol. The Labute approximate surface area is 77.4 Å². The average Bonchev–Trinajstić information content (AvgIpc) is 2.76. The first-order valence-corrected chi connectivity index (χ1v) is 4.26. The van der Waals surface area contributed by atoms with E-state index < -0.39 is 0 Å². The summed E-state index contributed by atoms with van der Waals surface area (Å²) in [5.41, 5.74) is 1.07. The molecule has 0 aliphatic carbocycles. The van der Waals surface area contributed by atoms with E-state index in [1.165, 1.54) is 0 Å². The van der Waals surface area contributed by atoms with E-state index in [-0.39, 0.29) is 0 Å². The van der Waals surface area contributed by atoms with Gasteiger partial charge < -0.3 is 9.97 Å². The number of imidazole rings is 2. The molecule has 2 rings (SSSR count).